The predicted octanol–water partition coefficient (Wildman–Crippen LogP) is 5.05. The highest BCUT2D eigenvalue weighted by molar-refractivity contribution is 6.19. The van der Waals surface area contributed by atoms with Gasteiger partial charge in [-0.05, 0) is 42.8 Å². The fourth-order valence-corrected chi connectivity index (χ4v) is 3.40. The van der Waals surface area contributed by atoms with E-state index in [1.807, 2.05) is 61.5 Å². The Morgan fingerprint density at radius 3 is 2.31 bits per heavy atom. The van der Waals surface area contributed by atoms with Crippen LogP contribution in [0, 0.1) is 0 Å². The smallest absolute Gasteiger partial charge is 0.256 e. The molecule has 1 aliphatic heterocycles. The number of hydrogen-bond donors (Lipinski definition) is 1. The summed E-state index contributed by atoms with van der Waals surface area (Å²) in [6.45, 7) is 1.97. The van der Waals surface area contributed by atoms with Gasteiger partial charge >= 0.3 is 0 Å². The van der Waals surface area contributed by atoms with E-state index >= 15 is 0 Å². The molecule has 5 nitrogen and oxygen atoms in total. The molecule has 0 bridgehead atoms. The van der Waals surface area contributed by atoms with E-state index in [0.29, 0.717) is 17.1 Å². The van der Waals surface area contributed by atoms with Crippen LogP contribution < -0.4 is 10.1 Å². The van der Waals surface area contributed by atoms with Crippen LogP contribution in [0.25, 0.3) is 0 Å². The van der Waals surface area contributed by atoms with E-state index in [1.165, 1.54) is 0 Å². The number of carbonyl (C=O) groups is 1. The van der Waals surface area contributed by atoms with Crippen LogP contribution in [0.5, 0.6) is 5.75 Å². The molecule has 0 aromatic heterocycles. The van der Waals surface area contributed by atoms with Crippen LogP contribution in [-0.2, 0) is 0 Å². The highest BCUT2D eigenvalue weighted by atomic mass is 16.5. The lowest BCUT2D eigenvalue weighted by molar-refractivity contribution is 0.0976. The molecule has 3 aromatic carbocycles. The van der Waals surface area contributed by atoms with Crippen molar-refractivity contribution in [3.8, 4) is 5.75 Å². The number of methoxy groups -OCH3 is 1. The summed E-state index contributed by atoms with van der Waals surface area (Å²) in [5.41, 5.74) is 3.91. The maximum atomic E-state index is 13.0. The van der Waals surface area contributed by atoms with E-state index in [2.05, 4.69) is 5.32 Å². The van der Waals surface area contributed by atoms with Crippen molar-refractivity contribution in [3.63, 3.8) is 0 Å². The summed E-state index contributed by atoms with van der Waals surface area (Å²) >= 11 is 0. The maximum Gasteiger partial charge on any atom is 0.256 e. The second-order valence-electron chi connectivity index (χ2n) is 6.77. The van der Waals surface area contributed by atoms with Crippen molar-refractivity contribution < 1.29 is 9.53 Å². The Morgan fingerprint density at radius 1 is 0.897 bits per heavy atom. The van der Waals surface area contributed by atoms with Crippen molar-refractivity contribution in [3.05, 3.63) is 90.0 Å². The number of para-hydroxylation sites is 2. The van der Waals surface area contributed by atoms with Crippen molar-refractivity contribution in [1.29, 1.82) is 0 Å². The van der Waals surface area contributed by atoms with Gasteiger partial charge in [-0.1, -0.05) is 48.5 Å². The summed E-state index contributed by atoms with van der Waals surface area (Å²) < 4.78 is 5.24. The third kappa shape index (κ3) is 3.94. The summed E-state index contributed by atoms with van der Waals surface area (Å²) in [7, 11) is 1.58. The van der Waals surface area contributed by atoms with Crippen LogP contribution in [0.15, 0.2) is 88.8 Å². The standard InChI is InChI=1S/C24H21N3O2/c1-16-22(17-9-4-3-5-10-17)23(26-21-14-7-6-13-20(21)25-16)27-24(28)18-11-8-12-19(15-18)29-2/h3-15,22H,1-2H3,(H,26,27,28). The second-order valence-corrected chi connectivity index (χ2v) is 6.77. The van der Waals surface area contributed by atoms with Crippen LogP contribution in [0.4, 0.5) is 11.4 Å². The topological polar surface area (TPSA) is 63.0 Å². The quantitative estimate of drug-likeness (QED) is 0.688. The Kier molecular flexibility index (Phi) is 5.20. The largest absolute Gasteiger partial charge is 0.497 e. The molecule has 0 spiro atoms. The predicted molar refractivity (Wildman–Crippen MR) is 116 cm³/mol. The second kappa shape index (κ2) is 8.10. The molecule has 1 aliphatic rings. The lowest BCUT2D eigenvalue weighted by Gasteiger charge is -2.19. The molecule has 29 heavy (non-hydrogen) atoms. The molecule has 1 amide bonds. The molecule has 0 saturated carbocycles. The van der Waals surface area contributed by atoms with Gasteiger partial charge in [0.05, 0.1) is 24.4 Å². The summed E-state index contributed by atoms with van der Waals surface area (Å²) in [5, 5.41) is 3.02. The molecule has 144 valence electrons. The first-order valence-corrected chi connectivity index (χ1v) is 9.39. The van der Waals surface area contributed by atoms with Crippen LogP contribution in [0.1, 0.15) is 28.8 Å². The number of nitrogens with zero attached hydrogens (tertiary/aromatic N) is 2. The first-order valence-electron chi connectivity index (χ1n) is 9.39. The SMILES string of the molecule is COc1cccc(C(=O)NC2=Nc3ccccc3N=C(C)C2c2ccccc2)c1. The molecule has 1 unspecified atom stereocenters. The molecule has 0 saturated heterocycles. The molecular formula is C24H21N3O2. The number of benzene rings is 3. The number of aliphatic imine (C=N–C) groups is 2. The molecule has 1 atom stereocenters. The average Bonchev–Trinajstić information content (AvgIpc) is 2.89. The van der Waals surface area contributed by atoms with Gasteiger partial charge in [0.25, 0.3) is 5.91 Å². The van der Waals surface area contributed by atoms with Crippen LogP contribution in [-0.4, -0.2) is 24.6 Å². The van der Waals surface area contributed by atoms with E-state index in [0.717, 1.165) is 22.6 Å². The summed E-state index contributed by atoms with van der Waals surface area (Å²) in [5.74, 6) is 0.687. The normalized spacial score (nSPS) is 15.4. The number of nitrogens with one attached hydrogen (secondary N) is 1. The van der Waals surface area contributed by atoms with E-state index in [-0.39, 0.29) is 11.8 Å². The zero-order chi connectivity index (χ0) is 20.2. The van der Waals surface area contributed by atoms with Gasteiger partial charge in [-0.25, -0.2) is 4.99 Å². The van der Waals surface area contributed by atoms with Gasteiger partial charge in [0.2, 0.25) is 0 Å². The first kappa shape index (κ1) is 18.6. The van der Waals surface area contributed by atoms with E-state index in [1.54, 1.807) is 31.4 Å². The maximum absolute atomic E-state index is 13.0. The number of carbonyl (C=O) groups excluding carboxylic acids is 1. The Hall–Kier alpha value is -3.73. The molecule has 1 N–H and O–H groups in total. The van der Waals surface area contributed by atoms with Crippen LogP contribution in [0.2, 0.25) is 0 Å². The van der Waals surface area contributed by atoms with E-state index < -0.39 is 0 Å². The van der Waals surface area contributed by atoms with Crippen molar-refractivity contribution in [2.45, 2.75) is 12.8 Å². The van der Waals surface area contributed by atoms with Crippen molar-refractivity contribution in [2.75, 3.05) is 7.11 Å². The van der Waals surface area contributed by atoms with E-state index in [9.17, 15) is 4.79 Å². The lowest BCUT2D eigenvalue weighted by Crippen LogP contribution is -2.37. The highest BCUT2D eigenvalue weighted by Crippen LogP contribution is 2.34. The minimum atomic E-state index is -0.252. The van der Waals surface area contributed by atoms with Gasteiger partial charge in [-0.3, -0.25) is 9.79 Å². The number of rotatable bonds is 3. The molecule has 0 radical (unpaired) electrons. The van der Waals surface area contributed by atoms with Crippen molar-refractivity contribution in [1.82, 2.24) is 5.32 Å². The Morgan fingerprint density at radius 2 is 1.59 bits per heavy atom. The van der Waals surface area contributed by atoms with Gasteiger partial charge < -0.3 is 10.1 Å². The fourth-order valence-electron chi connectivity index (χ4n) is 3.40. The number of hydrogen-bond acceptors (Lipinski definition) is 4. The zero-order valence-electron chi connectivity index (χ0n) is 16.3. The third-order valence-electron chi connectivity index (χ3n) is 4.82. The molecular weight excluding hydrogens is 362 g/mol. The van der Waals surface area contributed by atoms with Crippen molar-refractivity contribution in [2.24, 2.45) is 9.98 Å². The number of amides is 1. The van der Waals surface area contributed by atoms with Gasteiger partial charge in [0.1, 0.15) is 11.6 Å². The number of ether oxygens (including phenoxy) is 1. The van der Waals surface area contributed by atoms with Gasteiger partial charge in [0, 0.05) is 11.3 Å². The minimum absolute atomic E-state index is 0.240. The summed E-state index contributed by atoms with van der Waals surface area (Å²) in [6.07, 6.45) is 0. The Labute approximate surface area is 169 Å². The molecule has 0 aliphatic carbocycles. The van der Waals surface area contributed by atoms with E-state index in [4.69, 9.17) is 14.7 Å². The lowest BCUT2D eigenvalue weighted by atomic mass is 9.93. The first-order chi connectivity index (χ1) is 14.2. The number of amidine groups is 1. The fraction of sp³-hybridized carbons (Fsp3) is 0.125. The Bertz CT molecular complexity index is 1100. The Balaban J connectivity index is 1.77. The van der Waals surface area contributed by atoms with Gasteiger partial charge in [0.15, 0.2) is 0 Å². The molecule has 3 aromatic rings. The minimum Gasteiger partial charge on any atom is -0.497 e. The van der Waals surface area contributed by atoms with Gasteiger partial charge in [-0.2, -0.15) is 0 Å². The summed E-state index contributed by atoms with van der Waals surface area (Å²) in [6, 6.07) is 24.7. The average molecular weight is 383 g/mol. The number of fused-ring (bicyclic) bond motifs is 1. The zero-order valence-corrected chi connectivity index (χ0v) is 16.3. The van der Waals surface area contributed by atoms with Crippen LogP contribution >= 0.6 is 0 Å². The third-order valence-corrected chi connectivity index (χ3v) is 4.82. The highest BCUT2D eigenvalue weighted by Gasteiger charge is 2.26. The summed E-state index contributed by atoms with van der Waals surface area (Å²) in [4.78, 5) is 22.6. The molecule has 4 rings (SSSR count). The molecule has 5 heteroatoms. The molecule has 1 heterocycles. The monoisotopic (exact) mass is 383 g/mol. The van der Waals surface area contributed by atoms with Crippen molar-refractivity contribution >= 4 is 28.8 Å². The molecule has 0 fully saturated rings. The van der Waals surface area contributed by atoms with Crippen LogP contribution in [0.3, 0.4) is 0 Å². The van der Waals surface area contributed by atoms with Gasteiger partial charge in [-0.15, -0.1) is 0 Å².